The number of aromatic nitrogens is 2. The van der Waals surface area contributed by atoms with Crippen molar-refractivity contribution in [2.45, 2.75) is 38.2 Å². The summed E-state index contributed by atoms with van der Waals surface area (Å²) >= 11 is 0. The quantitative estimate of drug-likeness (QED) is 0.488. The van der Waals surface area contributed by atoms with Gasteiger partial charge in [-0.2, -0.15) is 18.2 Å². The SMILES string of the molecule is O=c1nc(OCc2cc(F)c(Oc3cccc(C(F)(F)F)c3)c(F)c2)cc2n1C[C@@H]1CCCN21. The summed E-state index contributed by atoms with van der Waals surface area (Å²) in [4.78, 5) is 18.3. The lowest BCUT2D eigenvalue weighted by Gasteiger charge is -2.17. The van der Waals surface area contributed by atoms with Crippen LogP contribution < -0.4 is 20.1 Å². The highest BCUT2D eigenvalue weighted by molar-refractivity contribution is 5.48. The van der Waals surface area contributed by atoms with Crippen LogP contribution >= 0.6 is 0 Å². The van der Waals surface area contributed by atoms with Crippen molar-refractivity contribution in [3.63, 3.8) is 0 Å². The van der Waals surface area contributed by atoms with Gasteiger partial charge in [0.05, 0.1) is 5.56 Å². The van der Waals surface area contributed by atoms with Gasteiger partial charge in [0, 0.05) is 25.2 Å². The predicted octanol–water partition coefficient (Wildman–Crippen LogP) is 4.89. The number of anilines is 1. The third-order valence-corrected chi connectivity index (χ3v) is 5.86. The molecule has 34 heavy (non-hydrogen) atoms. The van der Waals surface area contributed by atoms with Crippen molar-refractivity contribution in [2.75, 3.05) is 11.4 Å². The van der Waals surface area contributed by atoms with E-state index in [1.54, 1.807) is 10.6 Å². The van der Waals surface area contributed by atoms with Crippen molar-refractivity contribution in [1.29, 1.82) is 0 Å². The minimum atomic E-state index is -4.62. The fourth-order valence-corrected chi connectivity index (χ4v) is 4.30. The molecule has 1 atom stereocenters. The molecule has 0 bridgehead atoms. The normalized spacial score (nSPS) is 17.0. The van der Waals surface area contributed by atoms with E-state index >= 15 is 0 Å². The molecule has 6 nitrogen and oxygen atoms in total. The summed E-state index contributed by atoms with van der Waals surface area (Å²) < 4.78 is 79.8. The molecule has 2 aliphatic heterocycles. The van der Waals surface area contributed by atoms with Crippen molar-refractivity contribution in [3.05, 3.63) is 75.7 Å². The summed E-state index contributed by atoms with van der Waals surface area (Å²) in [6.07, 6.45) is -2.60. The molecule has 0 spiro atoms. The first-order valence-electron chi connectivity index (χ1n) is 10.5. The Morgan fingerprint density at radius 1 is 1.09 bits per heavy atom. The molecule has 0 saturated carbocycles. The van der Waals surface area contributed by atoms with Crippen LogP contribution in [0.2, 0.25) is 0 Å². The second-order valence-corrected chi connectivity index (χ2v) is 8.14. The standard InChI is InChI=1S/C23H18F5N3O3/c24-17-7-13(8-18(25)21(17)34-16-5-1-3-14(9-16)23(26,27)28)12-33-19-10-20-30-6-2-4-15(30)11-31(20)22(32)29-19/h1,3,5,7-10,15H,2,4,6,11-12H2/t15-/m0/s1. The summed E-state index contributed by atoms with van der Waals surface area (Å²) in [5.41, 5.74) is -1.37. The van der Waals surface area contributed by atoms with Gasteiger partial charge in [0.25, 0.3) is 0 Å². The molecule has 178 valence electrons. The number of hydrogen-bond acceptors (Lipinski definition) is 5. The lowest BCUT2D eigenvalue weighted by atomic mass is 10.2. The third kappa shape index (κ3) is 4.17. The van der Waals surface area contributed by atoms with Gasteiger partial charge in [0.2, 0.25) is 5.88 Å². The summed E-state index contributed by atoms with van der Waals surface area (Å²) in [6.45, 7) is 1.12. The predicted molar refractivity (Wildman–Crippen MR) is 111 cm³/mol. The molecule has 1 fully saturated rings. The highest BCUT2D eigenvalue weighted by Gasteiger charge is 2.34. The molecule has 0 unspecified atom stereocenters. The van der Waals surface area contributed by atoms with Crippen LogP contribution in [0, 0.1) is 11.6 Å². The van der Waals surface area contributed by atoms with E-state index in [2.05, 4.69) is 9.88 Å². The zero-order chi connectivity index (χ0) is 24.0. The Morgan fingerprint density at radius 2 is 1.85 bits per heavy atom. The molecular formula is C23H18F5N3O3. The maximum Gasteiger partial charge on any atom is 0.416 e. The van der Waals surface area contributed by atoms with E-state index in [0.29, 0.717) is 18.4 Å². The highest BCUT2D eigenvalue weighted by Crippen LogP contribution is 2.35. The molecule has 11 heteroatoms. The number of hydrogen-bond donors (Lipinski definition) is 0. The lowest BCUT2D eigenvalue weighted by Crippen LogP contribution is -2.24. The Hall–Kier alpha value is -3.63. The van der Waals surface area contributed by atoms with Gasteiger partial charge in [-0.25, -0.2) is 13.6 Å². The van der Waals surface area contributed by atoms with Gasteiger partial charge in [-0.3, -0.25) is 4.57 Å². The maximum atomic E-state index is 14.5. The Bertz CT molecular complexity index is 1280. The number of halogens is 5. The zero-order valence-electron chi connectivity index (χ0n) is 17.6. The summed E-state index contributed by atoms with van der Waals surface area (Å²) in [5.74, 6) is -2.68. The van der Waals surface area contributed by atoms with Crippen molar-refractivity contribution < 1.29 is 31.4 Å². The lowest BCUT2D eigenvalue weighted by molar-refractivity contribution is -0.137. The zero-order valence-corrected chi connectivity index (χ0v) is 17.6. The molecule has 3 heterocycles. The van der Waals surface area contributed by atoms with Crippen molar-refractivity contribution in [2.24, 2.45) is 0 Å². The fraction of sp³-hybridized carbons (Fsp3) is 0.304. The highest BCUT2D eigenvalue weighted by atomic mass is 19.4. The molecule has 1 saturated heterocycles. The summed E-state index contributed by atoms with van der Waals surface area (Å²) in [7, 11) is 0. The van der Waals surface area contributed by atoms with Gasteiger partial charge < -0.3 is 14.4 Å². The Morgan fingerprint density at radius 3 is 2.59 bits per heavy atom. The van der Waals surface area contributed by atoms with Crippen molar-refractivity contribution in [3.8, 4) is 17.4 Å². The molecule has 0 aliphatic carbocycles. The molecule has 0 N–H and O–H groups in total. The topological polar surface area (TPSA) is 56.6 Å². The van der Waals surface area contributed by atoms with E-state index in [1.807, 2.05) is 0 Å². The number of fused-ring (bicyclic) bond motifs is 3. The number of rotatable bonds is 5. The van der Waals surface area contributed by atoms with Gasteiger partial charge in [-0.1, -0.05) is 6.07 Å². The van der Waals surface area contributed by atoms with Crippen molar-refractivity contribution in [1.82, 2.24) is 9.55 Å². The summed E-state index contributed by atoms with van der Waals surface area (Å²) in [6, 6.07) is 7.50. The Labute approximate surface area is 190 Å². The monoisotopic (exact) mass is 479 g/mol. The van der Waals surface area contributed by atoms with Crippen LogP contribution in [0.1, 0.15) is 24.0 Å². The maximum absolute atomic E-state index is 14.5. The molecule has 0 radical (unpaired) electrons. The molecule has 5 rings (SSSR count). The minimum Gasteiger partial charge on any atom is -0.473 e. The number of alkyl halides is 3. The van der Waals surface area contributed by atoms with Crippen LogP contribution in [-0.4, -0.2) is 22.1 Å². The first-order chi connectivity index (χ1) is 16.2. The van der Waals surface area contributed by atoms with Gasteiger partial charge in [0.1, 0.15) is 18.2 Å². The average molecular weight is 479 g/mol. The third-order valence-electron chi connectivity index (χ3n) is 5.86. The van der Waals surface area contributed by atoms with Crippen LogP contribution in [0.3, 0.4) is 0 Å². The second kappa shape index (κ2) is 8.30. The molecule has 2 aliphatic rings. The van der Waals surface area contributed by atoms with Gasteiger partial charge in [-0.15, -0.1) is 0 Å². The van der Waals surface area contributed by atoms with E-state index < -0.39 is 34.8 Å². The molecular weight excluding hydrogens is 461 g/mol. The second-order valence-electron chi connectivity index (χ2n) is 8.14. The number of benzene rings is 2. The van der Waals surface area contributed by atoms with Crippen LogP contribution in [-0.2, 0) is 19.3 Å². The largest absolute Gasteiger partial charge is 0.473 e. The number of nitrogens with zero attached hydrogens (tertiary/aromatic N) is 3. The number of ether oxygens (including phenoxy) is 2. The molecule has 3 aromatic rings. The van der Waals surface area contributed by atoms with E-state index in [9.17, 15) is 26.7 Å². The molecule has 2 aromatic carbocycles. The molecule has 1 aromatic heterocycles. The van der Waals surface area contributed by atoms with E-state index in [4.69, 9.17) is 9.47 Å². The first kappa shape index (κ1) is 22.2. The van der Waals surface area contributed by atoms with Crippen molar-refractivity contribution >= 4 is 5.82 Å². The Balaban J connectivity index is 1.32. The van der Waals surface area contributed by atoms with Crippen LogP contribution in [0.4, 0.5) is 27.8 Å². The fourth-order valence-electron chi connectivity index (χ4n) is 4.30. The first-order valence-corrected chi connectivity index (χ1v) is 10.5. The van der Waals surface area contributed by atoms with Gasteiger partial charge >= 0.3 is 11.9 Å². The average Bonchev–Trinajstić information content (AvgIpc) is 3.37. The minimum absolute atomic E-state index is 0.0360. The van der Waals surface area contributed by atoms with E-state index in [1.165, 1.54) is 0 Å². The van der Waals surface area contributed by atoms with Crippen LogP contribution in [0.25, 0.3) is 0 Å². The van der Waals surface area contributed by atoms with Gasteiger partial charge in [0.15, 0.2) is 17.4 Å². The molecule has 0 amide bonds. The van der Waals surface area contributed by atoms with Crippen LogP contribution in [0.15, 0.2) is 47.3 Å². The smallest absolute Gasteiger partial charge is 0.416 e. The van der Waals surface area contributed by atoms with Gasteiger partial charge in [-0.05, 0) is 48.7 Å². The Kier molecular flexibility index (Phi) is 5.41. The van der Waals surface area contributed by atoms with Crippen LogP contribution in [0.5, 0.6) is 17.4 Å². The van der Waals surface area contributed by atoms with E-state index in [0.717, 1.165) is 49.7 Å². The summed E-state index contributed by atoms with van der Waals surface area (Å²) in [5, 5.41) is 0. The van der Waals surface area contributed by atoms with E-state index in [-0.39, 0.29) is 29.8 Å².